The third-order valence-electron chi connectivity index (χ3n) is 3.42. The van der Waals surface area contributed by atoms with E-state index >= 15 is 0 Å². The molecule has 0 aliphatic rings. The molecule has 0 bridgehead atoms. The summed E-state index contributed by atoms with van der Waals surface area (Å²) < 4.78 is 4.63. The van der Waals surface area contributed by atoms with Crippen molar-refractivity contribution in [2.24, 2.45) is 5.92 Å². The molecule has 0 spiro atoms. The summed E-state index contributed by atoms with van der Waals surface area (Å²) in [6.45, 7) is 12.2. The van der Waals surface area contributed by atoms with Gasteiger partial charge in [0, 0.05) is 19.0 Å². The molecule has 5 nitrogen and oxygen atoms in total. The van der Waals surface area contributed by atoms with E-state index in [0.717, 1.165) is 26.1 Å². The van der Waals surface area contributed by atoms with Crippen molar-refractivity contribution in [3.8, 4) is 0 Å². The van der Waals surface area contributed by atoms with Crippen LogP contribution in [0.1, 0.15) is 40.5 Å². The Kier molecular flexibility index (Phi) is 10.1. The van der Waals surface area contributed by atoms with Crippen molar-refractivity contribution < 1.29 is 14.3 Å². The number of nitrogens with zero attached hydrogens (tertiary/aromatic N) is 2. The van der Waals surface area contributed by atoms with Gasteiger partial charge in [-0.2, -0.15) is 0 Å². The van der Waals surface area contributed by atoms with Gasteiger partial charge in [-0.3, -0.25) is 9.59 Å². The lowest BCUT2D eigenvalue weighted by atomic mass is 10.1. The summed E-state index contributed by atoms with van der Waals surface area (Å²) in [4.78, 5) is 27.4. The molecule has 0 aliphatic carbocycles. The third kappa shape index (κ3) is 7.48. The van der Waals surface area contributed by atoms with E-state index in [1.54, 1.807) is 4.90 Å². The highest BCUT2D eigenvalue weighted by atomic mass is 16.5. The summed E-state index contributed by atoms with van der Waals surface area (Å²) in [5, 5.41) is 0. The van der Waals surface area contributed by atoms with Gasteiger partial charge in [-0.15, -0.1) is 0 Å². The fourth-order valence-electron chi connectivity index (χ4n) is 2.05. The Morgan fingerprint density at radius 2 is 1.65 bits per heavy atom. The molecule has 0 fully saturated rings. The molecular formula is C15H30N2O3. The molecule has 5 heteroatoms. The standard InChI is InChI=1S/C15H30N2O3/c1-6-16(7-2)10-8-11-17(15(19)13(3)4)12-9-14(18)20-5/h13H,6-12H2,1-5H3. The van der Waals surface area contributed by atoms with Crippen LogP contribution in [-0.4, -0.2) is 61.5 Å². The zero-order valence-electron chi connectivity index (χ0n) is 13.6. The van der Waals surface area contributed by atoms with Gasteiger partial charge in [0.1, 0.15) is 0 Å². The fourth-order valence-corrected chi connectivity index (χ4v) is 2.05. The van der Waals surface area contributed by atoms with Gasteiger partial charge in [0.15, 0.2) is 0 Å². The van der Waals surface area contributed by atoms with Gasteiger partial charge >= 0.3 is 5.97 Å². The Labute approximate surface area is 123 Å². The van der Waals surface area contributed by atoms with Crippen LogP contribution in [0.25, 0.3) is 0 Å². The summed E-state index contributed by atoms with van der Waals surface area (Å²) in [5.74, 6) is -0.204. The molecular weight excluding hydrogens is 256 g/mol. The molecule has 0 saturated heterocycles. The fraction of sp³-hybridized carbons (Fsp3) is 0.867. The Morgan fingerprint density at radius 1 is 1.05 bits per heavy atom. The number of esters is 1. The molecule has 118 valence electrons. The van der Waals surface area contributed by atoms with Crippen LogP contribution in [0.4, 0.5) is 0 Å². The highest BCUT2D eigenvalue weighted by Crippen LogP contribution is 2.05. The van der Waals surface area contributed by atoms with E-state index in [0.29, 0.717) is 13.1 Å². The largest absolute Gasteiger partial charge is 0.469 e. The van der Waals surface area contributed by atoms with Crippen molar-refractivity contribution in [1.82, 2.24) is 9.80 Å². The number of hydrogen-bond donors (Lipinski definition) is 0. The zero-order chi connectivity index (χ0) is 15.5. The number of amides is 1. The Balaban J connectivity index is 4.31. The van der Waals surface area contributed by atoms with Gasteiger partial charge in [-0.05, 0) is 26.1 Å². The number of rotatable bonds is 10. The van der Waals surface area contributed by atoms with Gasteiger partial charge in [0.2, 0.25) is 5.91 Å². The maximum Gasteiger partial charge on any atom is 0.307 e. The van der Waals surface area contributed by atoms with Crippen molar-refractivity contribution in [3.63, 3.8) is 0 Å². The number of carbonyl (C=O) groups excluding carboxylic acids is 2. The summed E-state index contributed by atoms with van der Waals surface area (Å²) in [5.41, 5.74) is 0. The zero-order valence-corrected chi connectivity index (χ0v) is 13.6. The molecule has 0 saturated carbocycles. The van der Waals surface area contributed by atoms with E-state index in [1.807, 2.05) is 13.8 Å². The maximum absolute atomic E-state index is 12.1. The van der Waals surface area contributed by atoms with E-state index in [2.05, 4.69) is 23.5 Å². The average molecular weight is 286 g/mol. The Bertz CT molecular complexity index is 289. The second-order valence-electron chi connectivity index (χ2n) is 5.19. The molecule has 0 unspecified atom stereocenters. The minimum absolute atomic E-state index is 0.0406. The maximum atomic E-state index is 12.1. The highest BCUT2D eigenvalue weighted by molar-refractivity contribution is 5.79. The predicted octanol–water partition coefficient (Wildman–Crippen LogP) is 1.77. The van der Waals surface area contributed by atoms with Gasteiger partial charge in [-0.1, -0.05) is 27.7 Å². The molecule has 0 aromatic carbocycles. The van der Waals surface area contributed by atoms with E-state index in [4.69, 9.17) is 0 Å². The normalized spacial score (nSPS) is 10.9. The van der Waals surface area contributed by atoms with E-state index in [1.165, 1.54) is 7.11 Å². The minimum Gasteiger partial charge on any atom is -0.469 e. The molecule has 20 heavy (non-hydrogen) atoms. The molecule has 0 heterocycles. The van der Waals surface area contributed by atoms with Crippen LogP contribution >= 0.6 is 0 Å². The molecule has 0 radical (unpaired) electrons. The van der Waals surface area contributed by atoms with Crippen LogP contribution in [0, 0.1) is 5.92 Å². The lowest BCUT2D eigenvalue weighted by molar-refractivity contribution is -0.142. The first-order valence-corrected chi connectivity index (χ1v) is 7.54. The molecule has 0 aromatic rings. The monoisotopic (exact) mass is 286 g/mol. The second-order valence-corrected chi connectivity index (χ2v) is 5.19. The van der Waals surface area contributed by atoms with Crippen molar-refractivity contribution in [2.75, 3.05) is 39.8 Å². The topological polar surface area (TPSA) is 49.9 Å². The smallest absolute Gasteiger partial charge is 0.307 e. The number of carbonyl (C=O) groups is 2. The minimum atomic E-state index is -0.268. The summed E-state index contributed by atoms with van der Waals surface area (Å²) in [6.07, 6.45) is 1.20. The summed E-state index contributed by atoms with van der Waals surface area (Å²) >= 11 is 0. The van der Waals surface area contributed by atoms with Crippen LogP contribution in [0.2, 0.25) is 0 Å². The molecule has 0 rings (SSSR count). The molecule has 1 amide bonds. The van der Waals surface area contributed by atoms with E-state index in [-0.39, 0.29) is 24.2 Å². The first-order valence-electron chi connectivity index (χ1n) is 7.54. The Hall–Kier alpha value is -1.10. The lowest BCUT2D eigenvalue weighted by Crippen LogP contribution is -2.38. The average Bonchev–Trinajstić information content (AvgIpc) is 2.45. The molecule has 0 aliphatic heterocycles. The quantitative estimate of drug-likeness (QED) is 0.574. The van der Waals surface area contributed by atoms with Crippen LogP contribution in [0.3, 0.4) is 0 Å². The second kappa shape index (κ2) is 10.7. The van der Waals surface area contributed by atoms with Crippen LogP contribution in [0.5, 0.6) is 0 Å². The van der Waals surface area contributed by atoms with Crippen LogP contribution < -0.4 is 0 Å². The summed E-state index contributed by atoms with van der Waals surface area (Å²) in [7, 11) is 1.37. The van der Waals surface area contributed by atoms with Crippen LogP contribution in [-0.2, 0) is 14.3 Å². The van der Waals surface area contributed by atoms with E-state index in [9.17, 15) is 9.59 Å². The first-order chi connectivity index (χ1) is 9.46. The molecule has 0 N–H and O–H groups in total. The van der Waals surface area contributed by atoms with Crippen LogP contribution in [0.15, 0.2) is 0 Å². The number of methoxy groups -OCH3 is 1. The number of hydrogen-bond acceptors (Lipinski definition) is 4. The van der Waals surface area contributed by atoms with Crippen molar-refractivity contribution in [3.05, 3.63) is 0 Å². The molecule has 0 atom stereocenters. The van der Waals surface area contributed by atoms with E-state index < -0.39 is 0 Å². The van der Waals surface area contributed by atoms with Crippen molar-refractivity contribution >= 4 is 11.9 Å². The van der Waals surface area contributed by atoms with Gasteiger partial charge < -0.3 is 14.5 Å². The third-order valence-corrected chi connectivity index (χ3v) is 3.42. The van der Waals surface area contributed by atoms with Crippen molar-refractivity contribution in [2.45, 2.75) is 40.5 Å². The SMILES string of the molecule is CCN(CC)CCCN(CCC(=O)OC)C(=O)C(C)C. The van der Waals surface area contributed by atoms with Gasteiger partial charge in [0.05, 0.1) is 13.5 Å². The highest BCUT2D eigenvalue weighted by Gasteiger charge is 2.18. The van der Waals surface area contributed by atoms with Gasteiger partial charge in [-0.25, -0.2) is 0 Å². The molecule has 0 aromatic heterocycles. The van der Waals surface area contributed by atoms with Crippen molar-refractivity contribution in [1.29, 1.82) is 0 Å². The predicted molar refractivity (Wildman–Crippen MR) is 80.5 cm³/mol. The lowest BCUT2D eigenvalue weighted by Gasteiger charge is -2.26. The Morgan fingerprint density at radius 3 is 2.10 bits per heavy atom. The summed E-state index contributed by atoms with van der Waals surface area (Å²) in [6, 6.07) is 0. The van der Waals surface area contributed by atoms with Gasteiger partial charge in [0.25, 0.3) is 0 Å². The number of ether oxygens (including phenoxy) is 1. The first kappa shape index (κ1) is 18.9.